The number of nitrogens with zero attached hydrogens (tertiary/aromatic N) is 1. The Kier molecular flexibility index (Phi) is 17.8. The Morgan fingerprint density at radius 3 is 2.33 bits per heavy atom. The molecule has 1 heterocycles. The van der Waals surface area contributed by atoms with Crippen molar-refractivity contribution >= 4 is 12.2 Å². The van der Waals surface area contributed by atoms with Crippen molar-refractivity contribution in [3.63, 3.8) is 0 Å². The highest BCUT2D eigenvalue weighted by atomic mass is 16.6. The molecule has 0 spiro atoms. The van der Waals surface area contributed by atoms with Crippen molar-refractivity contribution < 1.29 is 43.5 Å². The molecule has 2 aliphatic rings. The van der Waals surface area contributed by atoms with Gasteiger partial charge in [0, 0.05) is 51.2 Å². The molecule has 0 bridgehead atoms. The molecule has 290 valence electrons. The Hall–Kier alpha value is -3.62. The van der Waals surface area contributed by atoms with E-state index in [-0.39, 0.29) is 25.4 Å². The van der Waals surface area contributed by atoms with Crippen molar-refractivity contribution in [1.82, 2.24) is 20.9 Å². The number of likely N-dealkylation sites (tertiary alicyclic amines) is 1. The van der Waals surface area contributed by atoms with E-state index in [2.05, 4.69) is 20.9 Å². The lowest BCUT2D eigenvalue weighted by atomic mass is 9.91. The molecular weight excluding hydrogens is 668 g/mol. The number of methoxy groups -OCH3 is 1. The fourth-order valence-corrected chi connectivity index (χ4v) is 6.49. The summed E-state index contributed by atoms with van der Waals surface area (Å²) < 4.78 is 28.3. The molecule has 1 saturated heterocycles. The van der Waals surface area contributed by atoms with Crippen LogP contribution in [0, 0.1) is 0 Å². The Morgan fingerprint density at radius 1 is 0.904 bits per heavy atom. The molecule has 1 aliphatic carbocycles. The van der Waals surface area contributed by atoms with Crippen molar-refractivity contribution in [2.24, 2.45) is 0 Å². The van der Waals surface area contributed by atoms with E-state index in [1.54, 1.807) is 13.2 Å². The summed E-state index contributed by atoms with van der Waals surface area (Å²) in [7, 11) is 1.55. The Balaban J connectivity index is 1.03. The van der Waals surface area contributed by atoms with Crippen molar-refractivity contribution in [3.8, 4) is 17.2 Å². The number of carbonyl (C=O) groups is 2. The summed E-state index contributed by atoms with van der Waals surface area (Å²) in [4.78, 5) is 26.9. The third-order valence-corrected chi connectivity index (χ3v) is 9.38. The number of hydrogen-bond donors (Lipinski definition) is 5. The monoisotopic (exact) mass is 728 g/mol. The normalized spacial score (nSPS) is 19.6. The second-order valence-electron chi connectivity index (χ2n) is 13.9. The van der Waals surface area contributed by atoms with E-state index in [0.29, 0.717) is 81.3 Å². The van der Waals surface area contributed by atoms with E-state index in [0.717, 1.165) is 43.5 Å². The highest BCUT2D eigenvalue weighted by molar-refractivity contribution is 5.71. The van der Waals surface area contributed by atoms with Crippen LogP contribution >= 0.6 is 0 Å². The molecule has 4 atom stereocenters. The summed E-state index contributed by atoms with van der Waals surface area (Å²) in [5.41, 5.74) is 2.03. The van der Waals surface area contributed by atoms with E-state index in [4.69, 9.17) is 23.7 Å². The van der Waals surface area contributed by atoms with Gasteiger partial charge in [0.05, 0.1) is 32.5 Å². The summed E-state index contributed by atoms with van der Waals surface area (Å²) in [6.07, 6.45) is 6.27. The Labute approximate surface area is 308 Å². The molecule has 1 aliphatic heterocycles. The van der Waals surface area contributed by atoms with E-state index in [1.807, 2.05) is 50.2 Å². The van der Waals surface area contributed by atoms with Crippen molar-refractivity contribution in [3.05, 3.63) is 53.6 Å². The van der Waals surface area contributed by atoms with Crippen molar-refractivity contribution in [1.29, 1.82) is 0 Å². The zero-order valence-corrected chi connectivity index (χ0v) is 31.1. The van der Waals surface area contributed by atoms with E-state index < -0.39 is 18.3 Å². The summed E-state index contributed by atoms with van der Waals surface area (Å²) in [6, 6.07) is 13.7. The largest absolute Gasteiger partial charge is 0.493 e. The van der Waals surface area contributed by atoms with Gasteiger partial charge in [-0.3, -0.25) is 4.90 Å². The molecule has 2 aromatic rings. The lowest BCUT2D eigenvalue weighted by molar-refractivity contribution is -0.0316. The van der Waals surface area contributed by atoms with Crippen LogP contribution in [0.5, 0.6) is 17.2 Å². The molecule has 1 saturated carbocycles. The standard InChI is InChI=1S/C39H60N4O9/c1-28(2)42-25-32(45)27-51-33-13-10-29(11-14-33)17-23-50-38(46)40-19-6-7-20-41-39(47)52-36-15-12-30(24-37(36)48-3)18-22-49-35-9-5-4-8-34(35)43-21-16-31(44)26-43/h10-15,24,28,31-32,34-35,42,44-45H,4-9,16-23,25-27H2,1-3H3,(H,40,46)(H,41,47)/t31-,32?,34?,35?/m1/s1. The molecule has 0 radical (unpaired) electrons. The van der Waals surface area contributed by atoms with Crippen LogP contribution in [-0.4, -0.2) is 117 Å². The van der Waals surface area contributed by atoms with Crippen LogP contribution in [0.1, 0.15) is 69.9 Å². The second-order valence-corrected chi connectivity index (χ2v) is 13.9. The summed E-state index contributed by atoms with van der Waals surface area (Å²) in [6.45, 7) is 8.03. The number of alkyl carbamates (subject to hydrolysis) is 1. The molecule has 2 aromatic carbocycles. The highest BCUT2D eigenvalue weighted by Gasteiger charge is 2.34. The summed E-state index contributed by atoms with van der Waals surface area (Å²) >= 11 is 0. The number of aliphatic hydroxyl groups is 2. The molecular formula is C39H60N4O9. The smallest absolute Gasteiger partial charge is 0.412 e. The first-order chi connectivity index (χ1) is 25.2. The Bertz CT molecular complexity index is 1350. The number of benzene rings is 2. The van der Waals surface area contributed by atoms with Crippen LogP contribution in [0.4, 0.5) is 9.59 Å². The maximum atomic E-state index is 12.4. The number of nitrogens with one attached hydrogen (secondary N) is 3. The number of unbranched alkanes of at least 4 members (excludes halogenated alkanes) is 1. The quantitative estimate of drug-likeness (QED) is 0.117. The maximum absolute atomic E-state index is 12.4. The topological polar surface area (TPSA) is 160 Å². The van der Waals surface area contributed by atoms with Crippen molar-refractivity contribution in [2.45, 2.75) is 102 Å². The van der Waals surface area contributed by atoms with Gasteiger partial charge >= 0.3 is 12.2 Å². The highest BCUT2D eigenvalue weighted by Crippen LogP contribution is 2.30. The van der Waals surface area contributed by atoms with E-state index in [1.165, 1.54) is 12.8 Å². The minimum atomic E-state index is -0.588. The fourth-order valence-electron chi connectivity index (χ4n) is 6.49. The molecule has 0 aromatic heterocycles. The van der Waals surface area contributed by atoms with E-state index >= 15 is 0 Å². The molecule has 52 heavy (non-hydrogen) atoms. The predicted molar refractivity (Wildman–Crippen MR) is 198 cm³/mol. The third-order valence-electron chi connectivity index (χ3n) is 9.38. The SMILES string of the molecule is COc1cc(CCOC2CCCCC2N2CC[C@@H](O)C2)ccc1OC(=O)NCCCCNC(=O)OCCc1ccc(OCC(O)CNC(C)C)cc1. The second kappa shape index (κ2) is 22.4. The van der Waals surface area contributed by atoms with Crippen LogP contribution in [0.25, 0.3) is 0 Å². The number of aliphatic hydroxyl groups excluding tert-OH is 2. The van der Waals surface area contributed by atoms with Gasteiger partial charge in [0.2, 0.25) is 0 Å². The van der Waals surface area contributed by atoms with Gasteiger partial charge in [0.15, 0.2) is 11.5 Å². The van der Waals surface area contributed by atoms with Gasteiger partial charge in [0.1, 0.15) is 18.5 Å². The van der Waals surface area contributed by atoms with Crippen LogP contribution in [0.2, 0.25) is 0 Å². The number of carbonyl (C=O) groups excluding carboxylic acids is 2. The average molecular weight is 729 g/mol. The first kappa shape index (κ1) is 41.1. The van der Waals surface area contributed by atoms with Gasteiger partial charge in [-0.1, -0.05) is 44.9 Å². The van der Waals surface area contributed by atoms with Crippen LogP contribution in [-0.2, 0) is 22.3 Å². The molecule has 13 heteroatoms. The lowest BCUT2D eigenvalue weighted by Gasteiger charge is -2.37. The van der Waals surface area contributed by atoms with Crippen LogP contribution in [0.3, 0.4) is 0 Å². The van der Waals surface area contributed by atoms with Gasteiger partial charge in [-0.2, -0.15) is 0 Å². The van der Waals surface area contributed by atoms with E-state index in [9.17, 15) is 19.8 Å². The van der Waals surface area contributed by atoms with Crippen LogP contribution in [0.15, 0.2) is 42.5 Å². The van der Waals surface area contributed by atoms with Crippen molar-refractivity contribution in [2.75, 3.05) is 59.7 Å². The lowest BCUT2D eigenvalue weighted by Crippen LogP contribution is -2.46. The predicted octanol–water partition coefficient (Wildman–Crippen LogP) is 4.21. The first-order valence-corrected chi connectivity index (χ1v) is 18.9. The minimum absolute atomic E-state index is 0.184. The summed E-state index contributed by atoms with van der Waals surface area (Å²) in [5, 5.41) is 28.6. The molecule has 3 unspecified atom stereocenters. The fraction of sp³-hybridized carbons (Fsp3) is 0.641. The number of amides is 2. The number of β-amino-alcohol motifs (C(OH)–C–C–N with tert-alkyl or cyclic N) is 1. The Morgan fingerprint density at radius 2 is 1.62 bits per heavy atom. The third kappa shape index (κ3) is 14.8. The number of ether oxygens (including phenoxy) is 5. The molecule has 4 rings (SSSR count). The van der Waals surface area contributed by atoms with Gasteiger partial charge in [-0.15, -0.1) is 0 Å². The first-order valence-electron chi connectivity index (χ1n) is 18.9. The molecule has 13 nitrogen and oxygen atoms in total. The van der Waals surface area contributed by atoms with Crippen LogP contribution < -0.4 is 30.2 Å². The van der Waals surface area contributed by atoms with Gasteiger partial charge in [0.25, 0.3) is 0 Å². The minimum Gasteiger partial charge on any atom is -0.493 e. The zero-order chi connectivity index (χ0) is 37.1. The average Bonchev–Trinajstić information content (AvgIpc) is 3.58. The zero-order valence-electron chi connectivity index (χ0n) is 31.1. The molecule has 5 N–H and O–H groups in total. The molecule has 2 fully saturated rings. The maximum Gasteiger partial charge on any atom is 0.412 e. The number of rotatable bonds is 21. The summed E-state index contributed by atoms with van der Waals surface area (Å²) in [5.74, 6) is 1.48. The molecule has 2 amide bonds. The van der Waals surface area contributed by atoms with Gasteiger partial charge in [-0.25, -0.2) is 9.59 Å². The number of hydrogen-bond acceptors (Lipinski definition) is 11. The van der Waals surface area contributed by atoms with Gasteiger partial charge in [-0.05, 0) is 73.9 Å². The van der Waals surface area contributed by atoms with Gasteiger partial charge < -0.3 is 49.8 Å².